The maximum atomic E-state index is 4.79. The van der Waals surface area contributed by atoms with Gasteiger partial charge >= 0.3 is 0 Å². The Morgan fingerprint density at radius 3 is 3.12 bits per heavy atom. The number of nitrogens with one attached hydrogen (secondary N) is 1. The Hall–Kier alpha value is -1.61. The molecule has 17 heavy (non-hydrogen) atoms. The molecule has 1 aromatic heterocycles. The minimum atomic E-state index is 1.01. The van der Waals surface area contributed by atoms with Gasteiger partial charge < -0.3 is 10.2 Å². The summed E-state index contributed by atoms with van der Waals surface area (Å²) in [6, 6.07) is 10.6. The topological polar surface area (TPSA) is 28.2 Å². The third kappa shape index (κ3) is 1.87. The molecule has 0 amide bonds. The van der Waals surface area contributed by atoms with Gasteiger partial charge in [-0.1, -0.05) is 18.2 Å². The van der Waals surface area contributed by atoms with E-state index in [4.69, 9.17) is 4.98 Å². The summed E-state index contributed by atoms with van der Waals surface area (Å²) in [7, 11) is 1.99. The third-order valence-corrected chi connectivity index (χ3v) is 3.36. The van der Waals surface area contributed by atoms with E-state index in [1.165, 1.54) is 16.8 Å². The lowest BCUT2D eigenvalue weighted by Gasteiger charge is -2.18. The second-order valence-corrected chi connectivity index (χ2v) is 4.50. The number of pyridine rings is 1. The molecule has 0 atom stereocenters. The zero-order valence-corrected chi connectivity index (χ0v) is 10.1. The van der Waals surface area contributed by atoms with Crippen LogP contribution in [0.15, 0.2) is 30.3 Å². The zero-order chi connectivity index (χ0) is 11.7. The molecule has 0 saturated heterocycles. The van der Waals surface area contributed by atoms with E-state index >= 15 is 0 Å². The van der Waals surface area contributed by atoms with Crippen molar-refractivity contribution >= 4 is 16.7 Å². The van der Waals surface area contributed by atoms with Crippen molar-refractivity contribution in [3.63, 3.8) is 0 Å². The predicted molar refractivity (Wildman–Crippen MR) is 71.6 cm³/mol. The van der Waals surface area contributed by atoms with Gasteiger partial charge in [0.05, 0.1) is 5.52 Å². The van der Waals surface area contributed by atoms with Crippen molar-refractivity contribution in [3.8, 4) is 0 Å². The van der Waals surface area contributed by atoms with Gasteiger partial charge in [-0.3, -0.25) is 0 Å². The quantitative estimate of drug-likeness (QED) is 0.867. The van der Waals surface area contributed by atoms with E-state index in [9.17, 15) is 0 Å². The number of aromatic nitrogens is 1. The highest BCUT2D eigenvalue weighted by Gasteiger charge is 2.20. The van der Waals surface area contributed by atoms with Crippen LogP contribution in [0, 0.1) is 0 Å². The Labute approximate surface area is 101 Å². The summed E-state index contributed by atoms with van der Waals surface area (Å²) >= 11 is 0. The lowest BCUT2D eigenvalue weighted by molar-refractivity contribution is 0.736. The molecule has 1 aromatic carbocycles. The van der Waals surface area contributed by atoms with E-state index in [2.05, 4.69) is 40.5 Å². The summed E-state index contributed by atoms with van der Waals surface area (Å²) in [5.74, 6) is 1.18. The molecule has 2 aromatic rings. The van der Waals surface area contributed by atoms with Crippen LogP contribution in [0.3, 0.4) is 0 Å². The first-order valence-electron chi connectivity index (χ1n) is 6.17. The summed E-state index contributed by atoms with van der Waals surface area (Å²) in [5, 5.41) is 4.44. The van der Waals surface area contributed by atoms with Crippen LogP contribution in [0.2, 0.25) is 0 Å². The molecule has 88 valence electrons. The molecule has 1 aliphatic heterocycles. The van der Waals surface area contributed by atoms with Gasteiger partial charge in [-0.05, 0) is 31.2 Å². The van der Waals surface area contributed by atoms with Crippen LogP contribution in [0.25, 0.3) is 10.9 Å². The second kappa shape index (κ2) is 4.34. The highest BCUT2D eigenvalue weighted by molar-refractivity contribution is 5.82. The number of benzene rings is 1. The molecule has 0 aliphatic carbocycles. The van der Waals surface area contributed by atoms with Crippen LogP contribution < -0.4 is 10.2 Å². The van der Waals surface area contributed by atoms with Gasteiger partial charge in [0.25, 0.3) is 0 Å². The maximum Gasteiger partial charge on any atom is 0.132 e. The Balaban J connectivity index is 2.00. The van der Waals surface area contributed by atoms with Crippen LogP contribution in [-0.4, -0.2) is 31.7 Å². The fourth-order valence-corrected chi connectivity index (χ4v) is 2.43. The molecule has 0 radical (unpaired) electrons. The van der Waals surface area contributed by atoms with Gasteiger partial charge in [-0.25, -0.2) is 4.98 Å². The number of anilines is 1. The minimum absolute atomic E-state index is 1.01. The van der Waals surface area contributed by atoms with Gasteiger partial charge in [0.1, 0.15) is 5.82 Å². The Bertz CT molecular complexity index is 536. The smallest absolute Gasteiger partial charge is 0.132 e. The first kappa shape index (κ1) is 10.5. The van der Waals surface area contributed by atoms with Crippen molar-refractivity contribution in [1.29, 1.82) is 0 Å². The largest absolute Gasteiger partial charge is 0.355 e. The molecule has 0 saturated carbocycles. The summed E-state index contributed by atoms with van der Waals surface area (Å²) in [5.41, 5.74) is 2.49. The number of para-hydroxylation sites is 1. The molecule has 0 unspecified atom stereocenters. The molecule has 0 fully saturated rings. The molecule has 1 N–H and O–H groups in total. The van der Waals surface area contributed by atoms with E-state index in [1.54, 1.807) is 0 Å². The van der Waals surface area contributed by atoms with E-state index in [0.717, 1.165) is 31.6 Å². The lowest BCUT2D eigenvalue weighted by Crippen LogP contribution is -2.29. The number of likely N-dealkylation sites (N-methyl/N-ethyl adjacent to an activating group) is 1. The fraction of sp³-hybridized carbons (Fsp3) is 0.357. The Morgan fingerprint density at radius 2 is 2.24 bits per heavy atom. The molecule has 3 rings (SSSR count). The van der Waals surface area contributed by atoms with E-state index in [0.29, 0.717) is 0 Å². The SMILES string of the molecule is CNCCN1CCc2cc3ccccc3nc21. The average molecular weight is 227 g/mol. The molecular formula is C14H17N3. The van der Waals surface area contributed by atoms with E-state index < -0.39 is 0 Å². The van der Waals surface area contributed by atoms with Crippen molar-refractivity contribution in [1.82, 2.24) is 10.3 Å². The highest BCUT2D eigenvalue weighted by atomic mass is 15.2. The van der Waals surface area contributed by atoms with Crippen LogP contribution in [-0.2, 0) is 6.42 Å². The van der Waals surface area contributed by atoms with Crippen molar-refractivity contribution in [2.45, 2.75) is 6.42 Å². The minimum Gasteiger partial charge on any atom is -0.355 e. The molecular weight excluding hydrogens is 210 g/mol. The monoisotopic (exact) mass is 227 g/mol. The van der Waals surface area contributed by atoms with Crippen molar-refractivity contribution in [2.24, 2.45) is 0 Å². The fourth-order valence-electron chi connectivity index (χ4n) is 2.43. The number of fused-ring (bicyclic) bond motifs is 2. The molecule has 3 heteroatoms. The zero-order valence-electron chi connectivity index (χ0n) is 10.1. The van der Waals surface area contributed by atoms with Crippen molar-refractivity contribution < 1.29 is 0 Å². The van der Waals surface area contributed by atoms with Gasteiger partial charge in [0.2, 0.25) is 0 Å². The summed E-state index contributed by atoms with van der Waals surface area (Å²) in [6.45, 7) is 3.14. The highest BCUT2D eigenvalue weighted by Crippen LogP contribution is 2.28. The number of hydrogen-bond acceptors (Lipinski definition) is 3. The number of rotatable bonds is 3. The molecule has 1 aliphatic rings. The normalized spacial score (nSPS) is 14.3. The van der Waals surface area contributed by atoms with Crippen LogP contribution in [0.5, 0.6) is 0 Å². The van der Waals surface area contributed by atoms with E-state index in [-0.39, 0.29) is 0 Å². The molecule has 0 bridgehead atoms. The van der Waals surface area contributed by atoms with Crippen LogP contribution >= 0.6 is 0 Å². The first-order chi connectivity index (χ1) is 8.38. The number of nitrogens with zero attached hydrogens (tertiary/aromatic N) is 2. The number of hydrogen-bond donors (Lipinski definition) is 1. The molecule has 0 spiro atoms. The third-order valence-electron chi connectivity index (χ3n) is 3.36. The van der Waals surface area contributed by atoms with Gasteiger partial charge in [0, 0.05) is 25.0 Å². The average Bonchev–Trinajstić information content (AvgIpc) is 2.76. The lowest BCUT2D eigenvalue weighted by atomic mass is 10.1. The van der Waals surface area contributed by atoms with Gasteiger partial charge in [-0.2, -0.15) is 0 Å². The van der Waals surface area contributed by atoms with Crippen LogP contribution in [0.4, 0.5) is 5.82 Å². The Morgan fingerprint density at radius 1 is 1.35 bits per heavy atom. The first-order valence-corrected chi connectivity index (χ1v) is 6.17. The van der Waals surface area contributed by atoms with Crippen molar-refractivity contribution in [3.05, 3.63) is 35.9 Å². The van der Waals surface area contributed by atoms with E-state index in [1.807, 2.05) is 7.05 Å². The molecule has 2 heterocycles. The summed E-state index contributed by atoms with van der Waals surface area (Å²) < 4.78 is 0. The van der Waals surface area contributed by atoms with Crippen molar-refractivity contribution in [2.75, 3.05) is 31.6 Å². The molecule has 3 nitrogen and oxygen atoms in total. The Kier molecular flexibility index (Phi) is 2.69. The second-order valence-electron chi connectivity index (χ2n) is 4.50. The summed E-state index contributed by atoms with van der Waals surface area (Å²) in [4.78, 5) is 7.16. The predicted octanol–water partition coefficient (Wildman–Crippen LogP) is 1.82. The summed E-state index contributed by atoms with van der Waals surface area (Å²) in [6.07, 6.45) is 1.12. The maximum absolute atomic E-state index is 4.79. The van der Waals surface area contributed by atoms with Crippen LogP contribution in [0.1, 0.15) is 5.56 Å². The standard InChI is InChI=1S/C14H17N3/c1-15-7-9-17-8-6-12-10-11-4-2-3-5-13(11)16-14(12)17/h2-5,10,15H,6-9H2,1H3. The van der Waals surface area contributed by atoms with Gasteiger partial charge in [0.15, 0.2) is 0 Å². The van der Waals surface area contributed by atoms with Gasteiger partial charge in [-0.15, -0.1) is 0 Å².